The minimum Gasteiger partial charge on any atom is -0.480 e. The Morgan fingerprint density at radius 2 is 2.24 bits per heavy atom. The standard InChI is InChI=1S/C11H14N2O4/c1-7-3-2-5-12-9(7)10(15)13-8(4-6-14)11(16)17/h2-3,5,8,14H,4,6H2,1H3,(H,13,15)(H,16,17)/t8-/m0/s1. The number of hydrogen-bond donors (Lipinski definition) is 3. The van der Waals surface area contributed by atoms with Crippen LogP contribution in [0, 0.1) is 6.92 Å². The van der Waals surface area contributed by atoms with E-state index in [2.05, 4.69) is 10.3 Å². The summed E-state index contributed by atoms with van der Waals surface area (Å²) in [5.41, 5.74) is 0.856. The SMILES string of the molecule is Cc1cccnc1C(=O)N[C@@H](CCO)C(=O)O. The number of aliphatic hydroxyl groups is 1. The number of carboxylic acid groups (broad SMARTS) is 1. The van der Waals surface area contributed by atoms with Crippen LogP contribution >= 0.6 is 0 Å². The number of carbonyl (C=O) groups is 2. The molecular formula is C11H14N2O4. The lowest BCUT2D eigenvalue weighted by molar-refractivity contribution is -0.139. The highest BCUT2D eigenvalue weighted by Gasteiger charge is 2.21. The molecule has 0 aliphatic carbocycles. The summed E-state index contributed by atoms with van der Waals surface area (Å²) in [6.45, 7) is 1.40. The Balaban J connectivity index is 2.77. The highest BCUT2D eigenvalue weighted by atomic mass is 16.4. The van der Waals surface area contributed by atoms with Gasteiger partial charge >= 0.3 is 5.97 Å². The molecule has 1 amide bonds. The third kappa shape index (κ3) is 3.53. The Morgan fingerprint density at radius 1 is 1.53 bits per heavy atom. The summed E-state index contributed by atoms with van der Waals surface area (Å²) in [5.74, 6) is -1.73. The van der Waals surface area contributed by atoms with Crippen LogP contribution in [0.15, 0.2) is 18.3 Å². The molecule has 0 bridgehead atoms. The molecule has 0 aromatic carbocycles. The first kappa shape index (κ1) is 13.1. The van der Waals surface area contributed by atoms with Gasteiger partial charge < -0.3 is 15.5 Å². The van der Waals surface area contributed by atoms with Crippen LogP contribution in [0.4, 0.5) is 0 Å². The van der Waals surface area contributed by atoms with Gasteiger partial charge in [-0.25, -0.2) is 4.79 Å². The summed E-state index contributed by atoms with van der Waals surface area (Å²) < 4.78 is 0. The van der Waals surface area contributed by atoms with Crippen LogP contribution in [-0.4, -0.2) is 39.7 Å². The van der Waals surface area contributed by atoms with E-state index < -0.39 is 17.9 Å². The van der Waals surface area contributed by atoms with Gasteiger partial charge in [0.2, 0.25) is 0 Å². The van der Waals surface area contributed by atoms with Gasteiger partial charge in [-0.15, -0.1) is 0 Å². The molecule has 0 aliphatic heterocycles. The Bertz CT molecular complexity index is 420. The molecule has 0 aliphatic rings. The van der Waals surface area contributed by atoms with Crippen LogP contribution in [0.1, 0.15) is 22.5 Å². The number of carbonyl (C=O) groups excluding carboxylic acids is 1. The van der Waals surface area contributed by atoms with Gasteiger partial charge in [-0.05, 0) is 18.6 Å². The summed E-state index contributed by atoms with van der Waals surface area (Å²) in [5, 5.41) is 19.8. The molecule has 0 saturated carbocycles. The van der Waals surface area contributed by atoms with Crippen LogP contribution in [0.3, 0.4) is 0 Å². The highest BCUT2D eigenvalue weighted by Crippen LogP contribution is 2.04. The van der Waals surface area contributed by atoms with Gasteiger partial charge in [0.05, 0.1) is 0 Å². The molecule has 0 spiro atoms. The van der Waals surface area contributed by atoms with E-state index in [1.165, 1.54) is 6.20 Å². The number of rotatable bonds is 5. The van der Waals surface area contributed by atoms with Crippen molar-refractivity contribution in [3.8, 4) is 0 Å². The summed E-state index contributed by atoms with van der Waals surface area (Å²) in [6, 6.07) is 2.30. The Labute approximate surface area is 98.3 Å². The number of nitrogens with one attached hydrogen (secondary N) is 1. The maximum Gasteiger partial charge on any atom is 0.326 e. The van der Waals surface area contributed by atoms with Gasteiger partial charge in [0, 0.05) is 19.2 Å². The van der Waals surface area contributed by atoms with Crippen molar-refractivity contribution in [1.29, 1.82) is 0 Å². The van der Waals surface area contributed by atoms with Gasteiger partial charge in [0.25, 0.3) is 5.91 Å². The number of carboxylic acids is 1. The fourth-order valence-electron chi connectivity index (χ4n) is 1.34. The predicted molar refractivity (Wildman–Crippen MR) is 59.6 cm³/mol. The van der Waals surface area contributed by atoms with E-state index in [1.807, 2.05) is 0 Å². The average Bonchev–Trinajstić information content (AvgIpc) is 2.28. The van der Waals surface area contributed by atoms with Crippen molar-refractivity contribution in [2.24, 2.45) is 0 Å². The van der Waals surface area contributed by atoms with Crippen LogP contribution in [0.25, 0.3) is 0 Å². The lowest BCUT2D eigenvalue weighted by Crippen LogP contribution is -2.41. The maximum atomic E-state index is 11.7. The predicted octanol–water partition coefficient (Wildman–Crippen LogP) is -0.0446. The number of hydrogen-bond acceptors (Lipinski definition) is 4. The van der Waals surface area contributed by atoms with E-state index >= 15 is 0 Å². The first-order valence-corrected chi connectivity index (χ1v) is 5.12. The first-order valence-electron chi connectivity index (χ1n) is 5.12. The minimum atomic E-state index is -1.18. The number of aromatic nitrogens is 1. The average molecular weight is 238 g/mol. The van der Waals surface area contributed by atoms with Crippen molar-refractivity contribution < 1.29 is 19.8 Å². The number of aryl methyl sites for hydroxylation is 1. The Kier molecular flexibility index (Phi) is 4.59. The Hall–Kier alpha value is -1.95. The largest absolute Gasteiger partial charge is 0.480 e. The van der Waals surface area contributed by atoms with E-state index in [4.69, 9.17) is 10.2 Å². The zero-order chi connectivity index (χ0) is 12.8. The summed E-state index contributed by atoms with van der Waals surface area (Å²) in [6.07, 6.45) is 1.43. The number of aliphatic carboxylic acids is 1. The fourth-order valence-corrected chi connectivity index (χ4v) is 1.34. The monoisotopic (exact) mass is 238 g/mol. The minimum absolute atomic E-state index is 0.0348. The first-order chi connectivity index (χ1) is 8.06. The van der Waals surface area contributed by atoms with Crippen LogP contribution in [0.2, 0.25) is 0 Å². The summed E-state index contributed by atoms with van der Waals surface area (Å²) >= 11 is 0. The van der Waals surface area contributed by atoms with E-state index in [-0.39, 0.29) is 18.7 Å². The van der Waals surface area contributed by atoms with Gasteiger partial charge in [0.1, 0.15) is 11.7 Å². The molecule has 1 aromatic rings. The molecule has 6 heteroatoms. The lowest BCUT2D eigenvalue weighted by Gasteiger charge is -2.13. The van der Waals surface area contributed by atoms with Crippen LogP contribution in [0.5, 0.6) is 0 Å². The molecule has 17 heavy (non-hydrogen) atoms. The maximum absolute atomic E-state index is 11.7. The quantitative estimate of drug-likeness (QED) is 0.668. The zero-order valence-corrected chi connectivity index (χ0v) is 9.38. The van der Waals surface area contributed by atoms with Crippen LogP contribution in [-0.2, 0) is 4.79 Å². The molecule has 92 valence electrons. The normalized spacial score (nSPS) is 11.9. The second kappa shape index (κ2) is 5.95. The molecule has 0 unspecified atom stereocenters. The molecule has 0 saturated heterocycles. The number of nitrogens with zero attached hydrogens (tertiary/aromatic N) is 1. The highest BCUT2D eigenvalue weighted by molar-refractivity contribution is 5.96. The molecule has 3 N–H and O–H groups in total. The van der Waals surface area contributed by atoms with E-state index in [9.17, 15) is 9.59 Å². The topological polar surface area (TPSA) is 99.5 Å². The second-order valence-corrected chi connectivity index (χ2v) is 3.55. The van der Waals surface area contributed by atoms with Gasteiger partial charge in [-0.1, -0.05) is 6.07 Å². The molecule has 1 heterocycles. The van der Waals surface area contributed by atoms with Crippen molar-refractivity contribution in [3.05, 3.63) is 29.6 Å². The van der Waals surface area contributed by atoms with Gasteiger partial charge in [0.15, 0.2) is 0 Å². The van der Waals surface area contributed by atoms with E-state index in [0.29, 0.717) is 5.56 Å². The van der Waals surface area contributed by atoms with Crippen molar-refractivity contribution in [2.45, 2.75) is 19.4 Å². The molecule has 0 fully saturated rings. The van der Waals surface area contributed by atoms with Gasteiger partial charge in [-0.2, -0.15) is 0 Å². The fraction of sp³-hybridized carbons (Fsp3) is 0.364. The number of pyridine rings is 1. The van der Waals surface area contributed by atoms with Crippen molar-refractivity contribution >= 4 is 11.9 Å². The van der Waals surface area contributed by atoms with Crippen molar-refractivity contribution in [3.63, 3.8) is 0 Å². The summed E-state index contributed by atoms with van der Waals surface area (Å²) in [4.78, 5) is 26.4. The molecule has 0 radical (unpaired) electrons. The van der Waals surface area contributed by atoms with Gasteiger partial charge in [-0.3, -0.25) is 9.78 Å². The second-order valence-electron chi connectivity index (χ2n) is 3.55. The molecule has 1 aromatic heterocycles. The lowest BCUT2D eigenvalue weighted by atomic mass is 10.1. The van der Waals surface area contributed by atoms with Crippen LogP contribution < -0.4 is 5.32 Å². The molecule has 1 rings (SSSR count). The smallest absolute Gasteiger partial charge is 0.326 e. The van der Waals surface area contributed by atoms with E-state index in [0.717, 1.165) is 0 Å². The molecule has 6 nitrogen and oxygen atoms in total. The molecule has 1 atom stereocenters. The number of aliphatic hydroxyl groups excluding tert-OH is 1. The van der Waals surface area contributed by atoms with Crippen molar-refractivity contribution in [2.75, 3.05) is 6.61 Å². The third-order valence-corrected chi connectivity index (χ3v) is 2.25. The zero-order valence-electron chi connectivity index (χ0n) is 9.38. The third-order valence-electron chi connectivity index (χ3n) is 2.25. The Morgan fingerprint density at radius 3 is 2.76 bits per heavy atom. The van der Waals surface area contributed by atoms with Crippen molar-refractivity contribution in [1.82, 2.24) is 10.3 Å². The summed E-state index contributed by atoms with van der Waals surface area (Å²) in [7, 11) is 0. The van der Waals surface area contributed by atoms with E-state index in [1.54, 1.807) is 19.1 Å². The molecular weight excluding hydrogens is 224 g/mol. The number of amides is 1.